The van der Waals surface area contributed by atoms with Crippen LogP contribution in [0.25, 0.3) is 0 Å². The lowest BCUT2D eigenvalue weighted by atomic mass is 10.2. The molecule has 1 aromatic rings. The fraction of sp³-hybridized carbons (Fsp3) is 0.500. The minimum atomic E-state index is -0.968. The first kappa shape index (κ1) is 14.6. The lowest BCUT2D eigenvalue weighted by Crippen LogP contribution is -2.37. The molecule has 1 amide bonds. The Labute approximate surface area is 111 Å². The van der Waals surface area contributed by atoms with E-state index in [0.29, 0.717) is 12.2 Å². The quantitative estimate of drug-likeness (QED) is 0.820. The van der Waals surface area contributed by atoms with Crippen LogP contribution in [0.5, 0.6) is 0 Å². The second-order valence-electron chi connectivity index (χ2n) is 4.56. The molecule has 0 spiro atoms. The molecule has 1 rings (SSSR count). The summed E-state index contributed by atoms with van der Waals surface area (Å²) in [5.74, 6) is -1.21. The van der Waals surface area contributed by atoms with Crippen molar-refractivity contribution in [2.45, 2.75) is 25.1 Å². The van der Waals surface area contributed by atoms with Crippen LogP contribution >= 0.6 is 11.8 Å². The summed E-state index contributed by atoms with van der Waals surface area (Å²) in [6, 6.07) is 3.28. The molecule has 0 saturated carbocycles. The van der Waals surface area contributed by atoms with Crippen LogP contribution in [0.4, 0.5) is 0 Å². The van der Waals surface area contributed by atoms with Gasteiger partial charge in [0.15, 0.2) is 0 Å². The molecule has 6 heteroatoms. The maximum atomic E-state index is 11.9. The van der Waals surface area contributed by atoms with Crippen molar-refractivity contribution < 1.29 is 14.7 Å². The van der Waals surface area contributed by atoms with Crippen molar-refractivity contribution in [2.24, 2.45) is 0 Å². The number of carboxylic acid groups (broad SMARTS) is 1. The molecular weight excluding hydrogens is 252 g/mol. The molecule has 0 fully saturated rings. The molecule has 1 aromatic heterocycles. The van der Waals surface area contributed by atoms with Crippen LogP contribution in [0, 0.1) is 0 Å². The Morgan fingerprint density at radius 2 is 2.17 bits per heavy atom. The number of amides is 1. The smallest absolute Gasteiger partial charge is 0.323 e. The molecule has 0 aliphatic carbocycles. The summed E-state index contributed by atoms with van der Waals surface area (Å²) in [4.78, 5) is 22.6. The van der Waals surface area contributed by atoms with Gasteiger partial charge in [-0.15, -0.1) is 0 Å². The molecule has 0 radical (unpaired) electrons. The average molecular weight is 270 g/mol. The van der Waals surface area contributed by atoms with E-state index in [4.69, 9.17) is 5.11 Å². The Balaban J connectivity index is 2.67. The van der Waals surface area contributed by atoms with E-state index in [1.165, 1.54) is 4.57 Å². The van der Waals surface area contributed by atoms with Gasteiger partial charge in [-0.2, -0.15) is 11.8 Å². The zero-order chi connectivity index (χ0) is 13.8. The Morgan fingerprint density at radius 1 is 1.50 bits per heavy atom. The molecule has 0 aliphatic rings. The highest BCUT2D eigenvalue weighted by Gasteiger charge is 2.19. The summed E-state index contributed by atoms with van der Waals surface area (Å²) in [6.45, 7) is 4.40. The number of carboxylic acids is 1. The lowest BCUT2D eigenvalue weighted by Gasteiger charge is -2.22. The standard InChI is InChI=1S/C12H18N2O3S/c1-12(2,18-3)8-13-11(17)9-5-4-6-14(9)7-10(15)16/h4-6H,7-8H2,1-3H3,(H,13,17)(H,15,16). The summed E-state index contributed by atoms with van der Waals surface area (Å²) in [5.41, 5.74) is 0.370. The molecule has 0 unspecified atom stereocenters. The SMILES string of the molecule is CSC(C)(C)CNC(=O)c1cccn1CC(=O)O. The van der Waals surface area contributed by atoms with E-state index in [1.807, 2.05) is 20.1 Å². The van der Waals surface area contributed by atoms with Gasteiger partial charge in [-0.3, -0.25) is 9.59 Å². The van der Waals surface area contributed by atoms with E-state index in [2.05, 4.69) is 5.32 Å². The lowest BCUT2D eigenvalue weighted by molar-refractivity contribution is -0.137. The number of nitrogens with one attached hydrogen (secondary N) is 1. The van der Waals surface area contributed by atoms with Gasteiger partial charge in [0.25, 0.3) is 5.91 Å². The molecule has 5 nitrogen and oxygen atoms in total. The third-order valence-corrected chi connectivity index (χ3v) is 3.84. The van der Waals surface area contributed by atoms with Gasteiger partial charge in [0.05, 0.1) is 0 Å². The molecule has 0 aliphatic heterocycles. The monoisotopic (exact) mass is 270 g/mol. The molecule has 100 valence electrons. The van der Waals surface area contributed by atoms with Gasteiger partial charge >= 0.3 is 5.97 Å². The minimum absolute atomic E-state index is 0.0418. The van der Waals surface area contributed by atoms with Crippen LogP contribution < -0.4 is 5.32 Å². The van der Waals surface area contributed by atoms with Crippen molar-refractivity contribution in [3.05, 3.63) is 24.0 Å². The van der Waals surface area contributed by atoms with Gasteiger partial charge in [0, 0.05) is 17.5 Å². The summed E-state index contributed by atoms with van der Waals surface area (Å²) in [6.07, 6.45) is 3.57. The van der Waals surface area contributed by atoms with Crippen LogP contribution in [0.2, 0.25) is 0 Å². The average Bonchev–Trinajstić information content (AvgIpc) is 2.73. The number of aromatic nitrogens is 1. The molecule has 1 heterocycles. The third kappa shape index (κ3) is 4.10. The van der Waals surface area contributed by atoms with Crippen molar-refractivity contribution in [3.63, 3.8) is 0 Å². The number of thioether (sulfide) groups is 1. The molecular formula is C12H18N2O3S. The van der Waals surface area contributed by atoms with Crippen molar-refractivity contribution in [2.75, 3.05) is 12.8 Å². The normalized spacial score (nSPS) is 11.3. The number of rotatable bonds is 6. The van der Waals surface area contributed by atoms with Gasteiger partial charge in [-0.05, 0) is 32.2 Å². The van der Waals surface area contributed by atoms with Crippen molar-refractivity contribution in [1.82, 2.24) is 9.88 Å². The number of hydrogen-bond donors (Lipinski definition) is 2. The Morgan fingerprint density at radius 3 is 2.72 bits per heavy atom. The highest BCUT2D eigenvalue weighted by atomic mass is 32.2. The van der Waals surface area contributed by atoms with E-state index in [1.54, 1.807) is 30.1 Å². The third-order valence-electron chi connectivity index (χ3n) is 2.60. The second kappa shape index (κ2) is 5.95. The number of nitrogens with zero attached hydrogens (tertiary/aromatic N) is 1. The predicted octanol–water partition coefficient (Wildman–Crippen LogP) is 1.44. The van der Waals surface area contributed by atoms with Crippen molar-refractivity contribution in [1.29, 1.82) is 0 Å². The highest BCUT2D eigenvalue weighted by Crippen LogP contribution is 2.19. The van der Waals surface area contributed by atoms with Gasteiger partial charge in [0.2, 0.25) is 0 Å². The zero-order valence-electron chi connectivity index (χ0n) is 10.8. The summed E-state index contributed by atoms with van der Waals surface area (Å²) in [7, 11) is 0. The maximum absolute atomic E-state index is 11.9. The van der Waals surface area contributed by atoms with Gasteiger partial charge in [-0.25, -0.2) is 0 Å². The van der Waals surface area contributed by atoms with E-state index in [-0.39, 0.29) is 17.2 Å². The van der Waals surface area contributed by atoms with Crippen molar-refractivity contribution in [3.8, 4) is 0 Å². The van der Waals surface area contributed by atoms with Crippen LogP contribution in [0.15, 0.2) is 18.3 Å². The summed E-state index contributed by atoms with van der Waals surface area (Å²) < 4.78 is 1.38. The largest absolute Gasteiger partial charge is 0.480 e. The summed E-state index contributed by atoms with van der Waals surface area (Å²) >= 11 is 1.67. The Kier molecular flexibility index (Phi) is 4.84. The van der Waals surface area contributed by atoms with Gasteiger partial charge < -0.3 is 15.0 Å². The zero-order valence-corrected chi connectivity index (χ0v) is 11.6. The fourth-order valence-corrected chi connectivity index (χ4v) is 1.58. The molecule has 0 saturated heterocycles. The van der Waals surface area contributed by atoms with Crippen LogP contribution in [0.3, 0.4) is 0 Å². The predicted molar refractivity (Wildman–Crippen MR) is 72.0 cm³/mol. The Hall–Kier alpha value is -1.43. The molecule has 0 atom stereocenters. The van der Waals surface area contributed by atoms with Crippen LogP contribution in [-0.4, -0.2) is 39.1 Å². The van der Waals surface area contributed by atoms with Crippen molar-refractivity contribution >= 4 is 23.6 Å². The maximum Gasteiger partial charge on any atom is 0.323 e. The molecule has 0 aromatic carbocycles. The van der Waals surface area contributed by atoms with Gasteiger partial charge in [0.1, 0.15) is 12.2 Å². The fourth-order valence-electron chi connectivity index (χ4n) is 1.36. The first-order valence-electron chi connectivity index (χ1n) is 5.56. The van der Waals surface area contributed by atoms with Crippen LogP contribution in [0.1, 0.15) is 24.3 Å². The highest BCUT2D eigenvalue weighted by molar-refractivity contribution is 7.99. The Bertz CT molecular complexity index is 440. The topological polar surface area (TPSA) is 71.3 Å². The first-order chi connectivity index (χ1) is 8.35. The van der Waals surface area contributed by atoms with Gasteiger partial charge in [-0.1, -0.05) is 0 Å². The minimum Gasteiger partial charge on any atom is -0.480 e. The van der Waals surface area contributed by atoms with Crippen LogP contribution in [-0.2, 0) is 11.3 Å². The molecule has 18 heavy (non-hydrogen) atoms. The van der Waals surface area contributed by atoms with E-state index < -0.39 is 5.97 Å². The van der Waals surface area contributed by atoms with E-state index in [0.717, 1.165) is 0 Å². The molecule has 2 N–H and O–H groups in total. The second-order valence-corrected chi connectivity index (χ2v) is 6.07. The van der Waals surface area contributed by atoms with E-state index >= 15 is 0 Å². The number of hydrogen-bond acceptors (Lipinski definition) is 3. The number of carbonyl (C=O) groups excluding carboxylic acids is 1. The number of carbonyl (C=O) groups is 2. The number of aliphatic carboxylic acids is 1. The summed E-state index contributed by atoms with van der Waals surface area (Å²) in [5, 5.41) is 11.5. The first-order valence-corrected chi connectivity index (χ1v) is 6.78. The van der Waals surface area contributed by atoms with E-state index in [9.17, 15) is 9.59 Å². The molecule has 0 bridgehead atoms.